The first-order valence-corrected chi connectivity index (χ1v) is 9.13. The number of hydrogen-bond donors (Lipinski definition) is 0. The molecule has 0 aliphatic carbocycles. The molecule has 26 heavy (non-hydrogen) atoms. The van der Waals surface area contributed by atoms with Crippen LogP contribution in [0.5, 0.6) is 0 Å². The Labute approximate surface area is 157 Å². The Morgan fingerprint density at radius 3 is 2.46 bits per heavy atom. The summed E-state index contributed by atoms with van der Waals surface area (Å²) in [5.41, 5.74) is 0.610. The Balaban J connectivity index is 2.49. The van der Waals surface area contributed by atoms with E-state index in [0.29, 0.717) is 32.7 Å². The number of rotatable bonds is 14. The highest BCUT2D eigenvalue weighted by Crippen LogP contribution is 2.34. The van der Waals surface area contributed by atoms with Crippen molar-refractivity contribution >= 4 is 12.0 Å². The van der Waals surface area contributed by atoms with Gasteiger partial charge in [-0.3, -0.25) is 4.79 Å². The van der Waals surface area contributed by atoms with Crippen molar-refractivity contribution in [3.05, 3.63) is 42.0 Å². The molecule has 0 fully saturated rings. The number of methoxy groups -OCH3 is 2. The smallest absolute Gasteiger partial charge is 0.312 e. The molecule has 1 atom stereocenters. The number of carbonyl (C=O) groups excluding carboxylic acids is 1. The van der Waals surface area contributed by atoms with Gasteiger partial charge < -0.3 is 18.9 Å². The lowest BCUT2D eigenvalue weighted by atomic mass is 9.77. The molecule has 0 aliphatic rings. The molecule has 0 spiro atoms. The third-order valence-electron chi connectivity index (χ3n) is 4.46. The monoisotopic (exact) mass is 364 g/mol. The van der Waals surface area contributed by atoms with Crippen LogP contribution >= 0.6 is 0 Å². The molecule has 0 saturated carbocycles. The van der Waals surface area contributed by atoms with Gasteiger partial charge in [0.2, 0.25) is 0 Å². The van der Waals surface area contributed by atoms with Crippen molar-refractivity contribution in [3.63, 3.8) is 0 Å². The lowest BCUT2D eigenvalue weighted by Gasteiger charge is -2.28. The second-order valence-electron chi connectivity index (χ2n) is 6.17. The van der Waals surface area contributed by atoms with Gasteiger partial charge in [-0.05, 0) is 31.2 Å². The predicted octanol–water partition coefficient (Wildman–Crippen LogP) is 4.08. The zero-order valence-corrected chi connectivity index (χ0v) is 16.2. The Kier molecular flexibility index (Phi) is 11.6. The molecular formula is C21H32O5. The standard InChI is InChI=1S/C21H32O5/c1-4-21(20(22)24-3,13-8-12-19-10-6-5-7-11-19)14-9-15-25-18-26-17-16-23-2/h5-8,10-12H,4,9,13-18H2,1-3H3/b12-8+/t21-/m0/s1. The Morgan fingerprint density at radius 2 is 1.81 bits per heavy atom. The topological polar surface area (TPSA) is 54.0 Å². The number of allylic oxidation sites excluding steroid dienone is 1. The molecule has 0 aromatic heterocycles. The van der Waals surface area contributed by atoms with Crippen LogP contribution in [-0.4, -0.2) is 46.8 Å². The van der Waals surface area contributed by atoms with Crippen LogP contribution in [0.1, 0.15) is 38.2 Å². The fourth-order valence-corrected chi connectivity index (χ4v) is 2.79. The average molecular weight is 364 g/mol. The van der Waals surface area contributed by atoms with E-state index in [9.17, 15) is 4.79 Å². The summed E-state index contributed by atoms with van der Waals surface area (Å²) in [6.45, 7) is 3.89. The van der Waals surface area contributed by atoms with Crippen molar-refractivity contribution in [2.24, 2.45) is 5.41 Å². The van der Waals surface area contributed by atoms with E-state index in [1.165, 1.54) is 7.11 Å². The first-order valence-electron chi connectivity index (χ1n) is 9.13. The number of esters is 1. The zero-order chi connectivity index (χ0) is 19.1. The van der Waals surface area contributed by atoms with Gasteiger partial charge in [0.25, 0.3) is 0 Å². The molecule has 0 unspecified atom stereocenters. The summed E-state index contributed by atoms with van der Waals surface area (Å²) in [4.78, 5) is 12.4. The molecule has 0 saturated heterocycles. The highest BCUT2D eigenvalue weighted by molar-refractivity contribution is 5.77. The number of ether oxygens (including phenoxy) is 4. The van der Waals surface area contributed by atoms with E-state index in [2.05, 4.69) is 6.08 Å². The highest BCUT2D eigenvalue weighted by atomic mass is 16.7. The minimum Gasteiger partial charge on any atom is -0.469 e. The van der Waals surface area contributed by atoms with Gasteiger partial charge in [-0.1, -0.05) is 49.4 Å². The van der Waals surface area contributed by atoms with Crippen LogP contribution < -0.4 is 0 Å². The number of hydrogen-bond acceptors (Lipinski definition) is 5. The van der Waals surface area contributed by atoms with Crippen molar-refractivity contribution in [3.8, 4) is 0 Å². The molecule has 0 amide bonds. The van der Waals surface area contributed by atoms with Crippen molar-refractivity contribution in [2.75, 3.05) is 40.8 Å². The maximum Gasteiger partial charge on any atom is 0.312 e. The lowest BCUT2D eigenvalue weighted by molar-refractivity contribution is -0.153. The number of benzene rings is 1. The summed E-state index contributed by atoms with van der Waals surface area (Å²) < 4.78 is 20.7. The first-order chi connectivity index (χ1) is 12.7. The molecule has 5 nitrogen and oxygen atoms in total. The summed E-state index contributed by atoms with van der Waals surface area (Å²) >= 11 is 0. The highest BCUT2D eigenvalue weighted by Gasteiger charge is 2.36. The van der Waals surface area contributed by atoms with Gasteiger partial charge in [0.1, 0.15) is 6.79 Å². The summed E-state index contributed by atoms with van der Waals surface area (Å²) in [6, 6.07) is 10.1. The van der Waals surface area contributed by atoms with E-state index in [1.807, 2.05) is 43.3 Å². The van der Waals surface area contributed by atoms with Crippen molar-refractivity contribution in [1.29, 1.82) is 0 Å². The van der Waals surface area contributed by atoms with Gasteiger partial charge in [0.05, 0.1) is 25.7 Å². The van der Waals surface area contributed by atoms with E-state index in [0.717, 1.165) is 18.4 Å². The van der Waals surface area contributed by atoms with Gasteiger partial charge in [0.15, 0.2) is 0 Å². The van der Waals surface area contributed by atoms with Crippen LogP contribution in [0.2, 0.25) is 0 Å². The van der Waals surface area contributed by atoms with E-state index in [-0.39, 0.29) is 12.8 Å². The van der Waals surface area contributed by atoms with Crippen molar-refractivity contribution < 1.29 is 23.7 Å². The molecule has 1 aromatic carbocycles. The van der Waals surface area contributed by atoms with Crippen LogP contribution in [-0.2, 0) is 23.7 Å². The van der Waals surface area contributed by atoms with Gasteiger partial charge in [-0.15, -0.1) is 0 Å². The Hall–Kier alpha value is -1.69. The van der Waals surface area contributed by atoms with E-state index >= 15 is 0 Å². The minimum absolute atomic E-state index is 0.158. The molecule has 0 bridgehead atoms. The third kappa shape index (κ3) is 8.13. The number of carbonyl (C=O) groups is 1. The molecule has 1 aromatic rings. The first kappa shape index (κ1) is 22.4. The van der Waals surface area contributed by atoms with E-state index < -0.39 is 5.41 Å². The molecule has 0 heterocycles. The quantitative estimate of drug-likeness (QED) is 0.283. The normalized spacial score (nSPS) is 13.7. The van der Waals surface area contributed by atoms with Gasteiger partial charge in [-0.25, -0.2) is 0 Å². The predicted molar refractivity (Wildman–Crippen MR) is 103 cm³/mol. The van der Waals surface area contributed by atoms with Gasteiger partial charge in [-0.2, -0.15) is 0 Å². The molecule has 1 rings (SSSR count). The molecule has 0 aliphatic heterocycles. The summed E-state index contributed by atoms with van der Waals surface area (Å²) in [7, 11) is 3.08. The lowest BCUT2D eigenvalue weighted by Crippen LogP contribution is -2.31. The van der Waals surface area contributed by atoms with Gasteiger partial charge >= 0.3 is 5.97 Å². The van der Waals surface area contributed by atoms with Crippen LogP contribution in [0.3, 0.4) is 0 Å². The third-order valence-corrected chi connectivity index (χ3v) is 4.46. The Morgan fingerprint density at radius 1 is 1.08 bits per heavy atom. The van der Waals surface area contributed by atoms with E-state index in [4.69, 9.17) is 18.9 Å². The maximum absolute atomic E-state index is 12.4. The maximum atomic E-state index is 12.4. The summed E-state index contributed by atoms with van der Waals surface area (Å²) in [5, 5.41) is 0. The molecule has 0 radical (unpaired) electrons. The van der Waals surface area contributed by atoms with Gasteiger partial charge in [0, 0.05) is 13.7 Å². The van der Waals surface area contributed by atoms with Crippen LogP contribution in [0.15, 0.2) is 36.4 Å². The van der Waals surface area contributed by atoms with Crippen LogP contribution in [0.4, 0.5) is 0 Å². The second-order valence-corrected chi connectivity index (χ2v) is 6.17. The SMILES string of the molecule is CC[C@](C/C=C/c1ccccc1)(CCCOCOCCOC)C(=O)OC. The van der Waals surface area contributed by atoms with Crippen molar-refractivity contribution in [2.45, 2.75) is 32.6 Å². The average Bonchev–Trinajstić information content (AvgIpc) is 2.69. The van der Waals surface area contributed by atoms with Crippen molar-refractivity contribution in [1.82, 2.24) is 0 Å². The largest absolute Gasteiger partial charge is 0.469 e. The second kappa shape index (κ2) is 13.5. The molecule has 146 valence electrons. The minimum atomic E-state index is -0.514. The Bertz CT molecular complexity index is 514. The van der Waals surface area contributed by atoms with E-state index in [1.54, 1.807) is 7.11 Å². The molecule has 0 N–H and O–H groups in total. The molecular weight excluding hydrogens is 332 g/mol. The summed E-state index contributed by atoms with van der Waals surface area (Å²) in [5.74, 6) is -0.158. The summed E-state index contributed by atoms with van der Waals surface area (Å²) in [6.07, 6.45) is 6.97. The zero-order valence-electron chi connectivity index (χ0n) is 16.2. The fourth-order valence-electron chi connectivity index (χ4n) is 2.79. The molecule has 5 heteroatoms. The van der Waals surface area contributed by atoms with Crippen LogP contribution in [0, 0.1) is 5.41 Å². The fraction of sp³-hybridized carbons (Fsp3) is 0.571. The van der Waals surface area contributed by atoms with Crippen LogP contribution in [0.25, 0.3) is 6.08 Å².